The van der Waals surface area contributed by atoms with Crippen LogP contribution < -0.4 is 0 Å². The molecule has 0 saturated carbocycles. The zero-order chi connectivity index (χ0) is 17.2. The maximum Gasteiger partial charge on any atom is 0.131 e. The Labute approximate surface area is 151 Å². The lowest BCUT2D eigenvalue weighted by atomic mass is 10.0. The van der Waals surface area contributed by atoms with Crippen LogP contribution in [0.4, 0.5) is 4.39 Å². The number of ether oxygens (including phenoxy) is 1. The predicted molar refractivity (Wildman–Crippen MR) is 98.2 cm³/mol. The van der Waals surface area contributed by atoms with Crippen molar-refractivity contribution in [2.24, 2.45) is 0 Å². The lowest BCUT2D eigenvalue weighted by molar-refractivity contribution is 0.0341. The number of aromatic nitrogens is 1. The van der Waals surface area contributed by atoms with Gasteiger partial charge < -0.3 is 4.74 Å². The highest BCUT2D eigenvalue weighted by Gasteiger charge is 2.13. The van der Waals surface area contributed by atoms with Crippen LogP contribution in [0.3, 0.4) is 0 Å². The van der Waals surface area contributed by atoms with E-state index in [0.29, 0.717) is 10.6 Å². The zero-order valence-electron chi connectivity index (χ0n) is 13.7. The second-order valence-electron chi connectivity index (χ2n) is 6.23. The van der Waals surface area contributed by atoms with Crippen molar-refractivity contribution in [3.8, 4) is 11.1 Å². The van der Waals surface area contributed by atoms with Gasteiger partial charge in [0.1, 0.15) is 5.82 Å². The molecule has 2 aromatic carbocycles. The molecule has 0 spiro atoms. The molecule has 1 aliphatic rings. The van der Waals surface area contributed by atoms with Crippen LogP contribution in [-0.4, -0.2) is 36.2 Å². The molecule has 0 aliphatic carbocycles. The Hall–Kier alpha value is -2.01. The summed E-state index contributed by atoms with van der Waals surface area (Å²) in [6.07, 6.45) is 1.67. The Morgan fingerprint density at radius 1 is 1.08 bits per heavy atom. The highest BCUT2D eigenvalue weighted by atomic mass is 35.5. The van der Waals surface area contributed by atoms with Crippen molar-refractivity contribution < 1.29 is 9.13 Å². The van der Waals surface area contributed by atoms with E-state index in [1.54, 1.807) is 18.3 Å². The second-order valence-corrected chi connectivity index (χ2v) is 6.63. The fourth-order valence-corrected chi connectivity index (χ4v) is 3.40. The molecule has 0 radical (unpaired) electrons. The molecule has 5 heteroatoms. The third kappa shape index (κ3) is 3.52. The summed E-state index contributed by atoms with van der Waals surface area (Å²) in [5.74, 6) is -0.217. The molecule has 0 atom stereocenters. The molecule has 25 heavy (non-hydrogen) atoms. The van der Waals surface area contributed by atoms with Crippen molar-refractivity contribution in [2.45, 2.75) is 6.54 Å². The summed E-state index contributed by atoms with van der Waals surface area (Å²) in [5.41, 5.74) is 3.16. The van der Waals surface area contributed by atoms with E-state index in [1.807, 2.05) is 30.3 Å². The molecule has 0 bridgehead atoms. The molecule has 0 unspecified atom stereocenters. The van der Waals surface area contributed by atoms with E-state index in [-0.39, 0.29) is 5.82 Å². The fraction of sp³-hybridized carbons (Fsp3) is 0.250. The monoisotopic (exact) mass is 356 g/mol. The quantitative estimate of drug-likeness (QED) is 0.689. The minimum absolute atomic E-state index is 0.217. The van der Waals surface area contributed by atoms with E-state index >= 15 is 0 Å². The van der Waals surface area contributed by atoms with Crippen LogP contribution in [0.2, 0.25) is 5.02 Å². The molecular formula is C20H18ClFN2O. The Bertz CT molecular complexity index is 909. The van der Waals surface area contributed by atoms with Gasteiger partial charge in [0.2, 0.25) is 0 Å². The molecule has 1 aliphatic heterocycles. The van der Waals surface area contributed by atoms with E-state index in [1.165, 1.54) is 0 Å². The SMILES string of the molecule is Fc1cc(CN2CCOCC2)ccc1-c1ccc2nccc(Cl)c2c1. The fourth-order valence-electron chi connectivity index (χ4n) is 3.19. The smallest absolute Gasteiger partial charge is 0.131 e. The number of rotatable bonds is 3. The number of fused-ring (bicyclic) bond motifs is 1. The minimum Gasteiger partial charge on any atom is -0.379 e. The van der Waals surface area contributed by atoms with Crippen LogP contribution in [0, 0.1) is 5.82 Å². The topological polar surface area (TPSA) is 25.4 Å². The third-order valence-electron chi connectivity index (χ3n) is 4.54. The van der Waals surface area contributed by atoms with E-state index in [2.05, 4.69) is 9.88 Å². The summed E-state index contributed by atoms with van der Waals surface area (Å²) >= 11 is 6.24. The normalized spacial score (nSPS) is 15.6. The first-order valence-corrected chi connectivity index (χ1v) is 8.72. The lowest BCUT2D eigenvalue weighted by Crippen LogP contribution is -2.35. The van der Waals surface area contributed by atoms with Gasteiger partial charge in [-0.1, -0.05) is 29.8 Å². The summed E-state index contributed by atoms with van der Waals surface area (Å²) in [6.45, 7) is 4.01. The van der Waals surface area contributed by atoms with Gasteiger partial charge in [-0.2, -0.15) is 0 Å². The van der Waals surface area contributed by atoms with Gasteiger partial charge in [-0.05, 0) is 35.4 Å². The van der Waals surface area contributed by atoms with Gasteiger partial charge in [0.05, 0.1) is 23.8 Å². The number of morpholine rings is 1. The number of hydrogen-bond acceptors (Lipinski definition) is 3. The molecule has 128 valence electrons. The Morgan fingerprint density at radius 2 is 1.92 bits per heavy atom. The van der Waals surface area contributed by atoms with E-state index in [4.69, 9.17) is 16.3 Å². The molecule has 2 heterocycles. The van der Waals surface area contributed by atoms with Gasteiger partial charge in [0.25, 0.3) is 0 Å². The summed E-state index contributed by atoms with van der Waals surface area (Å²) in [6, 6.07) is 12.9. The number of pyridine rings is 1. The van der Waals surface area contributed by atoms with Crippen molar-refractivity contribution in [2.75, 3.05) is 26.3 Å². The van der Waals surface area contributed by atoms with Gasteiger partial charge >= 0.3 is 0 Å². The molecular weight excluding hydrogens is 339 g/mol. The number of benzene rings is 2. The maximum absolute atomic E-state index is 14.7. The molecule has 1 fully saturated rings. The minimum atomic E-state index is -0.217. The molecule has 1 saturated heterocycles. The summed E-state index contributed by atoms with van der Waals surface area (Å²) in [7, 11) is 0. The van der Waals surface area contributed by atoms with Gasteiger partial charge in [-0.25, -0.2) is 4.39 Å². The third-order valence-corrected chi connectivity index (χ3v) is 4.87. The molecule has 1 aromatic heterocycles. The predicted octanol–water partition coefficient (Wildman–Crippen LogP) is 4.53. The first kappa shape index (κ1) is 16.5. The average Bonchev–Trinajstić information content (AvgIpc) is 2.63. The second kappa shape index (κ2) is 7.08. The van der Waals surface area contributed by atoms with Gasteiger partial charge in [-0.3, -0.25) is 9.88 Å². The molecule has 3 nitrogen and oxygen atoms in total. The van der Waals surface area contributed by atoms with Crippen LogP contribution in [0.15, 0.2) is 48.7 Å². The summed E-state index contributed by atoms with van der Waals surface area (Å²) in [4.78, 5) is 6.56. The summed E-state index contributed by atoms with van der Waals surface area (Å²) in [5, 5.41) is 1.45. The van der Waals surface area contributed by atoms with Gasteiger partial charge in [0.15, 0.2) is 0 Å². The first-order valence-electron chi connectivity index (χ1n) is 8.34. The van der Waals surface area contributed by atoms with Crippen LogP contribution in [0.5, 0.6) is 0 Å². The summed E-state index contributed by atoms with van der Waals surface area (Å²) < 4.78 is 20.1. The Balaban J connectivity index is 1.63. The van der Waals surface area contributed by atoms with Gasteiger partial charge in [-0.15, -0.1) is 0 Å². The molecule has 0 amide bonds. The van der Waals surface area contributed by atoms with Crippen LogP contribution in [0.25, 0.3) is 22.0 Å². The van der Waals surface area contributed by atoms with E-state index in [9.17, 15) is 4.39 Å². The number of halogens is 2. The van der Waals surface area contributed by atoms with E-state index in [0.717, 1.165) is 54.9 Å². The van der Waals surface area contributed by atoms with Crippen molar-refractivity contribution >= 4 is 22.5 Å². The van der Waals surface area contributed by atoms with Crippen molar-refractivity contribution in [3.05, 3.63) is 65.1 Å². The van der Waals surface area contributed by atoms with Crippen molar-refractivity contribution in [1.82, 2.24) is 9.88 Å². The highest BCUT2D eigenvalue weighted by molar-refractivity contribution is 6.35. The maximum atomic E-state index is 14.7. The molecule has 4 rings (SSSR count). The first-order chi connectivity index (χ1) is 12.2. The number of hydrogen-bond donors (Lipinski definition) is 0. The standard InChI is InChI=1S/C20H18ClFN2O/c21-18-5-6-23-20-4-2-15(12-17(18)20)16-3-1-14(11-19(16)22)13-24-7-9-25-10-8-24/h1-6,11-12H,7-10,13H2. The van der Waals surface area contributed by atoms with Crippen LogP contribution in [-0.2, 0) is 11.3 Å². The van der Waals surface area contributed by atoms with Crippen LogP contribution >= 0.6 is 11.6 Å². The van der Waals surface area contributed by atoms with Gasteiger partial charge in [0, 0.05) is 36.8 Å². The van der Waals surface area contributed by atoms with Crippen LogP contribution in [0.1, 0.15) is 5.56 Å². The Kier molecular flexibility index (Phi) is 4.66. The zero-order valence-corrected chi connectivity index (χ0v) is 14.5. The largest absolute Gasteiger partial charge is 0.379 e. The van der Waals surface area contributed by atoms with Crippen molar-refractivity contribution in [3.63, 3.8) is 0 Å². The highest BCUT2D eigenvalue weighted by Crippen LogP contribution is 2.30. The Morgan fingerprint density at radius 3 is 2.72 bits per heavy atom. The lowest BCUT2D eigenvalue weighted by Gasteiger charge is -2.26. The molecule has 0 N–H and O–H groups in total. The van der Waals surface area contributed by atoms with E-state index < -0.39 is 0 Å². The number of nitrogens with zero attached hydrogens (tertiary/aromatic N) is 2. The average molecular weight is 357 g/mol. The molecule has 3 aromatic rings. The van der Waals surface area contributed by atoms with Crippen molar-refractivity contribution in [1.29, 1.82) is 0 Å².